The van der Waals surface area contributed by atoms with E-state index >= 15 is 0 Å². The number of rotatable bonds is 4. The smallest absolute Gasteiger partial charge is 0.126 e. The first-order chi connectivity index (χ1) is 11.4. The Morgan fingerprint density at radius 1 is 0.750 bits per heavy atom. The highest BCUT2D eigenvalue weighted by atomic mass is 35.5. The average molecular weight is 351 g/mol. The molecule has 0 nitrogen and oxygen atoms in total. The maximum Gasteiger partial charge on any atom is 0.126 e. The van der Waals surface area contributed by atoms with Gasteiger partial charge in [-0.2, -0.15) is 0 Å². The van der Waals surface area contributed by atoms with Gasteiger partial charge in [0.15, 0.2) is 0 Å². The highest BCUT2D eigenvalue weighted by Crippen LogP contribution is 2.18. The average Bonchev–Trinajstić information content (AvgIpc) is 2.54. The van der Waals surface area contributed by atoms with Crippen LogP contribution in [0, 0.1) is 17.7 Å². The Morgan fingerprint density at radius 3 is 1.62 bits per heavy atom. The summed E-state index contributed by atoms with van der Waals surface area (Å²) in [5.41, 5.74) is 2.08. The summed E-state index contributed by atoms with van der Waals surface area (Å²) < 4.78 is 12.9. The monoisotopic (exact) mass is 350 g/mol. The van der Waals surface area contributed by atoms with Gasteiger partial charge in [0.1, 0.15) is 5.82 Å². The van der Waals surface area contributed by atoms with E-state index in [4.69, 9.17) is 11.6 Å². The Kier molecular flexibility index (Phi) is 12.3. The molecular formula is C22H32ClF. The highest BCUT2D eigenvalue weighted by molar-refractivity contribution is 6.31. The van der Waals surface area contributed by atoms with Crippen molar-refractivity contribution in [1.82, 2.24) is 0 Å². The molecule has 0 saturated heterocycles. The van der Waals surface area contributed by atoms with Crippen molar-refractivity contribution in [2.75, 3.05) is 0 Å². The van der Waals surface area contributed by atoms with Crippen molar-refractivity contribution >= 4 is 11.6 Å². The molecule has 24 heavy (non-hydrogen) atoms. The zero-order chi connectivity index (χ0) is 18.5. The standard InChI is InChI=1S/C10H13Cl.C10H13F.C2H6/c2*1-8(2)7-9-5-3-4-6-10(9)11;1-2/h2*3-6,8H,7H2,1-2H3;1-2H3. The summed E-state index contributed by atoms with van der Waals surface area (Å²) in [6.45, 7) is 12.6. The summed E-state index contributed by atoms with van der Waals surface area (Å²) in [7, 11) is 0. The summed E-state index contributed by atoms with van der Waals surface area (Å²) in [6.07, 6.45) is 1.90. The first-order valence-electron chi connectivity index (χ1n) is 8.87. The van der Waals surface area contributed by atoms with Gasteiger partial charge in [0.25, 0.3) is 0 Å². The van der Waals surface area contributed by atoms with Crippen LogP contribution in [0.25, 0.3) is 0 Å². The second-order valence-corrected chi connectivity index (χ2v) is 6.79. The highest BCUT2D eigenvalue weighted by Gasteiger charge is 2.02. The van der Waals surface area contributed by atoms with Crippen molar-refractivity contribution in [1.29, 1.82) is 0 Å². The third-order valence-corrected chi connectivity index (χ3v) is 3.54. The van der Waals surface area contributed by atoms with E-state index in [0.29, 0.717) is 11.8 Å². The number of hydrogen-bond acceptors (Lipinski definition) is 0. The second-order valence-electron chi connectivity index (χ2n) is 6.38. The van der Waals surface area contributed by atoms with Crippen LogP contribution >= 0.6 is 11.6 Å². The minimum absolute atomic E-state index is 0.0822. The summed E-state index contributed by atoms with van der Waals surface area (Å²) >= 11 is 5.97. The zero-order valence-corrected chi connectivity index (χ0v) is 16.7. The van der Waals surface area contributed by atoms with Crippen LogP contribution in [0.3, 0.4) is 0 Å². The molecule has 0 saturated carbocycles. The van der Waals surface area contributed by atoms with Gasteiger partial charge in [0, 0.05) is 5.02 Å². The minimum atomic E-state index is -0.0822. The largest absolute Gasteiger partial charge is 0.207 e. The van der Waals surface area contributed by atoms with Crippen LogP contribution < -0.4 is 0 Å². The van der Waals surface area contributed by atoms with Crippen molar-refractivity contribution in [3.8, 4) is 0 Å². The van der Waals surface area contributed by atoms with E-state index in [1.807, 2.05) is 44.2 Å². The van der Waals surface area contributed by atoms with E-state index in [0.717, 1.165) is 23.4 Å². The Labute approximate surface area is 153 Å². The Balaban J connectivity index is 0.000000400. The third kappa shape index (κ3) is 9.72. The van der Waals surface area contributed by atoms with Crippen molar-refractivity contribution in [2.45, 2.75) is 54.4 Å². The predicted octanol–water partition coefficient (Wildman–Crippen LogP) is 7.59. The van der Waals surface area contributed by atoms with E-state index in [1.165, 1.54) is 11.6 Å². The molecule has 2 rings (SSSR count). The molecule has 0 aliphatic carbocycles. The summed E-state index contributed by atoms with van der Waals surface area (Å²) in [5.74, 6) is 1.11. The lowest BCUT2D eigenvalue weighted by Crippen LogP contribution is -1.96. The molecule has 0 aliphatic heterocycles. The first-order valence-corrected chi connectivity index (χ1v) is 9.24. The maximum absolute atomic E-state index is 12.9. The molecule has 2 aromatic carbocycles. The Hall–Kier alpha value is -1.34. The van der Waals surface area contributed by atoms with Crippen LogP contribution in [0.4, 0.5) is 4.39 Å². The third-order valence-electron chi connectivity index (χ3n) is 3.17. The van der Waals surface area contributed by atoms with Gasteiger partial charge in [0.2, 0.25) is 0 Å². The SMILES string of the molecule is CC.CC(C)Cc1ccccc1Cl.CC(C)Cc1ccccc1F. The molecule has 134 valence electrons. The second kappa shape index (κ2) is 13.0. The number of hydrogen-bond donors (Lipinski definition) is 0. The van der Waals surface area contributed by atoms with E-state index in [-0.39, 0.29) is 5.82 Å². The topological polar surface area (TPSA) is 0 Å². The maximum atomic E-state index is 12.9. The molecule has 0 N–H and O–H groups in total. The molecule has 0 atom stereocenters. The van der Waals surface area contributed by atoms with Crippen molar-refractivity contribution in [3.63, 3.8) is 0 Å². The van der Waals surface area contributed by atoms with Crippen LogP contribution in [-0.4, -0.2) is 0 Å². The van der Waals surface area contributed by atoms with E-state index in [2.05, 4.69) is 33.8 Å². The normalized spacial score (nSPS) is 9.92. The quantitative estimate of drug-likeness (QED) is 0.532. The zero-order valence-electron chi connectivity index (χ0n) is 15.9. The van der Waals surface area contributed by atoms with Gasteiger partial charge in [-0.3, -0.25) is 0 Å². The van der Waals surface area contributed by atoms with E-state index in [9.17, 15) is 4.39 Å². The Morgan fingerprint density at radius 2 is 1.17 bits per heavy atom. The van der Waals surface area contributed by atoms with Crippen molar-refractivity contribution in [2.24, 2.45) is 11.8 Å². The van der Waals surface area contributed by atoms with Crippen LogP contribution in [0.15, 0.2) is 48.5 Å². The molecule has 0 radical (unpaired) electrons. The summed E-state index contributed by atoms with van der Waals surface area (Å²) in [5, 5.41) is 0.890. The molecule has 0 unspecified atom stereocenters. The molecule has 2 aromatic rings. The fraction of sp³-hybridized carbons (Fsp3) is 0.455. The molecule has 0 amide bonds. The van der Waals surface area contributed by atoms with Crippen LogP contribution in [0.2, 0.25) is 5.02 Å². The van der Waals surface area contributed by atoms with Gasteiger partial charge in [-0.25, -0.2) is 4.39 Å². The van der Waals surface area contributed by atoms with Gasteiger partial charge in [-0.1, -0.05) is 89.5 Å². The predicted molar refractivity (Wildman–Crippen MR) is 106 cm³/mol. The molecular weight excluding hydrogens is 319 g/mol. The molecule has 0 heterocycles. The molecule has 2 heteroatoms. The van der Waals surface area contributed by atoms with E-state index < -0.39 is 0 Å². The lowest BCUT2D eigenvalue weighted by atomic mass is 10.0. The van der Waals surface area contributed by atoms with Crippen molar-refractivity contribution in [3.05, 3.63) is 70.5 Å². The van der Waals surface area contributed by atoms with Gasteiger partial charge in [-0.15, -0.1) is 0 Å². The molecule has 0 bridgehead atoms. The van der Waals surface area contributed by atoms with Crippen LogP contribution in [0.1, 0.15) is 52.7 Å². The lowest BCUT2D eigenvalue weighted by Gasteiger charge is -2.05. The van der Waals surface area contributed by atoms with Crippen LogP contribution in [0.5, 0.6) is 0 Å². The fourth-order valence-electron chi connectivity index (χ4n) is 2.21. The Bertz CT molecular complexity index is 510. The summed E-state index contributed by atoms with van der Waals surface area (Å²) in [4.78, 5) is 0. The number of halogens is 2. The van der Waals surface area contributed by atoms with Gasteiger partial charge in [-0.05, 0) is 47.9 Å². The van der Waals surface area contributed by atoms with Gasteiger partial charge >= 0.3 is 0 Å². The summed E-state index contributed by atoms with van der Waals surface area (Å²) in [6, 6.07) is 15.0. The van der Waals surface area contributed by atoms with Gasteiger partial charge < -0.3 is 0 Å². The fourth-order valence-corrected chi connectivity index (χ4v) is 2.42. The number of benzene rings is 2. The lowest BCUT2D eigenvalue weighted by molar-refractivity contribution is 0.574. The molecule has 0 fully saturated rings. The molecule has 0 aliphatic rings. The van der Waals surface area contributed by atoms with Crippen molar-refractivity contribution < 1.29 is 4.39 Å². The van der Waals surface area contributed by atoms with Crippen LogP contribution in [-0.2, 0) is 12.8 Å². The van der Waals surface area contributed by atoms with E-state index in [1.54, 1.807) is 6.07 Å². The minimum Gasteiger partial charge on any atom is -0.207 e. The molecule has 0 aromatic heterocycles. The molecule has 0 spiro atoms. The first kappa shape index (κ1) is 22.7. The van der Waals surface area contributed by atoms with Gasteiger partial charge in [0.05, 0.1) is 0 Å².